The van der Waals surface area contributed by atoms with Gasteiger partial charge in [0, 0.05) is 11.6 Å². The monoisotopic (exact) mass is 341 g/mol. The predicted octanol–water partition coefficient (Wildman–Crippen LogP) is 7.21. The summed E-state index contributed by atoms with van der Waals surface area (Å²) in [6, 6.07) is 11.5. The Kier molecular flexibility index (Phi) is 8.44. The molecule has 0 saturated heterocycles. The summed E-state index contributed by atoms with van der Waals surface area (Å²) in [6.45, 7) is 2.25. The van der Waals surface area contributed by atoms with Crippen molar-refractivity contribution in [1.82, 2.24) is 0 Å². The zero-order chi connectivity index (χ0) is 17.9. The summed E-state index contributed by atoms with van der Waals surface area (Å²) in [7, 11) is 0. The number of nitrogens with zero attached hydrogens (tertiary/aromatic N) is 1. The van der Waals surface area contributed by atoms with Crippen LogP contribution in [0.4, 0.5) is 5.69 Å². The Bertz CT molecular complexity index is 666. The van der Waals surface area contributed by atoms with E-state index in [0.29, 0.717) is 0 Å². The van der Waals surface area contributed by atoms with E-state index >= 15 is 0 Å². The topological polar surface area (TPSA) is 43.1 Å². The molecule has 0 saturated carbocycles. The molecule has 0 spiro atoms. The predicted molar refractivity (Wildman–Crippen MR) is 106 cm³/mol. The van der Waals surface area contributed by atoms with Gasteiger partial charge in [-0.3, -0.25) is 10.1 Å². The van der Waals surface area contributed by atoms with Crippen molar-refractivity contribution in [3.8, 4) is 0 Å². The lowest BCUT2D eigenvalue weighted by Crippen LogP contribution is -1.97. The first-order valence-electron chi connectivity index (χ1n) is 9.89. The number of rotatable bonds is 12. The zero-order valence-electron chi connectivity index (χ0n) is 15.5. The van der Waals surface area contributed by atoms with Gasteiger partial charge in [-0.2, -0.15) is 0 Å². The Morgan fingerprint density at radius 2 is 1.40 bits per heavy atom. The molecule has 0 aromatic heterocycles. The molecule has 0 radical (unpaired) electrons. The normalized spacial score (nSPS) is 11.1. The molecule has 2 rings (SSSR count). The van der Waals surface area contributed by atoms with E-state index in [4.69, 9.17) is 0 Å². The number of unbranched alkanes of at least 4 members (excludes halogenated alkanes) is 9. The van der Waals surface area contributed by atoms with Gasteiger partial charge < -0.3 is 0 Å². The Morgan fingerprint density at radius 1 is 0.800 bits per heavy atom. The Hall–Kier alpha value is -1.90. The van der Waals surface area contributed by atoms with Crippen LogP contribution in [-0.4, -0.2) is 4.92 Å². The highest BCUT2D eigenvalue weighted by molar-refractivity contribution is 5.88. The Labute approximate surface area is 151 Å². The minimum absolute atomic E-state index is 0.238. The molecule has 0 atom stereocenters. The average Bonchev–Trinajstić information content (AvgIpc) is 2.63. The second-order valence-corrected chi connectivity index (χ2v) is 6.97. The third kappa shape index (κ3) is 6.15. The lowest BCUT2D eigenvalue weighted by molar-refractivity contribution is -0.385. The molecule has 0 aliphatic carbocycles. The van der Waals surface area contributed by atoms with E-state index < -0.39 is 0 Å². The van der Waals surface area contributed by atoms with Crippen molar-refractivity contribution in [2.75, 3.05) is 0 Å². The lowest BCUT2D eigenvalue weighted by Gasteiger charge is -2.08. The van der Waals surface area contributed by atoms with Crippen molar-refractivity contribution in [1.29, 1.82) is 0 Å². The first-order valence-corrected chi connectivity index (χ1v) is 9.89. The molecule has 0 fully saturated rings. The SMILES string of the molecule is CCCCCCCCCCCCc1c([N+](=O)[O-])ccc2ccccc12. The average molecular weight is 341 g/mol. The summed E-state index contributed by atoms with van der Waals surface area (Å²) >= 11 is 0. The van der Waals surface area contributed by atoms with E-state index in [1.54, 1.807) is 6.07 Å². The Balaban J connectivity index is 1.79. The van der Waals surface area contributed by atoms with E-state index in [1.807, 2.05) is 30.3 Å². The number of fused-ring (bicyclic) bond motifs is 1. The third-order valence-corrected chi connectivity index (χ3v) is 4.99. The van der Waals surface area contributed by atoms with Gasteiger partial charge in [0.1, 0.15) is 0 Å². The van der Waals surface area contributed by atoms with Crippen LogP contribution in [0.15, 0.2) is 36.4 Å². The highest BCUT2D eigenvalue weighted by Crippen LogP contribution is 2.29. The Morgan fingerprint density at radius 3 is 2.04 bits per heavy atom. The maximum atomic E-state index is 11.4. The molecule has 2 aromatic carbocycles. The summed E-state index contributed by atoms with van der Waals surface area (Å²) in [5.41, 5.74) is 1.18. The van der Waals surface area contributed by atoms with Crippen molar-refractivity contribution < 1.29 is 4.92 Å². The molecule has 2 aromatic rings. The van der Waals surface area contributed by atoms with Crippen molar-refractivity contribution in [2.24, 2.45) is 0 Å². The molecule has 0 aliphatic heterocycles. The second-order valence-electron chi connectivity index (χ2n) is 6.97. The van der Waals surface area contributed by atoms with Crippen molar-refractivity contribution >= 4 is 16.5 Å². The number of aryl methyl sites for hydroxylation is 1. The van der Waals surface area contributed by atoms with Crippen molar-refractivity contribution in [3.63, 3.8) is 0 Å². The van der Waals surface area contributed by atoms with Gasteiger partial charge in [0.15, 0.2) is 0 Å². The van der Waals surface area contributed by atoms with Gasteiger partial charge >= 0.3 is 0 Å². The largest absolute Gasteiger partial charge is 0.273 e. The summed E-state index contributed by atoms with van der Waals surface area (Å²) < 4.78 is 0. The fraction of sp³-hybridized carbons (Fsp3) is 0.545. The number of nitro benzene ring substituents is 1. The van der Waals surface area contributed by atoms with Crippen LogP contribution < -0.4 is 0 Å². The fourth-order valence-corrected chi connectivity index (χ4v) is 3.55. The van der Waals surface area contributed by atoms with Crippen LogP contribution in [0.25, 0.3) is 10.8 Å². The summed E-state index contributed by atoms with van der Waals surface area (Å²) in [6.07, 6.45) is 13.6. The van der Waals surface area contributed by atoms with Crippen LogP contribution in [0.1, 0.15) is 76.7 Å². The minimum atomic E-state index is -0.238. The summed E-state index contributed by atoms with van der Waals surface area (Å²) in [5, 5.41) is 13.5. The summed E-state index contributed by atoms with van der Waals surface area (Å²) in [4.78, 5) is 11.1. The van der Waals surface area contributed by atoms with Gasteiger partial charge in [0.2, 0.25) is 0 Å². The standard InChI is InChI=1S/C22H31NO2/c1-2-3-4-5-6-7-8-9-10-11-16-21-20-15-13-12-14-19(20)17-18-22(21)23(24)25/h12-15,17-18H,2-11,16H2,1H3. The van der Waals surface area contributed by atoms with E-state index in [0.717, 1.165) is 35.6 Å². The molecule has 3 nitrogen and oxygen atoms in total. The van der Waals surface area contributed by atoms with Gasteiger partial charge in [-0.25, -0.2) is 0 Å². The van der Waals surface area contributed by atoms with E-state index in [2.05, 4.69) is 6.92 Å². The van der Waals surface area contributed by atoms with Crippen LogP contribution in [0.3, 0.4) is 0 Å². The van der Waals surface area contributed by atoms with E-state index in [9.17, 15) is 10.1 Å². The molecular formula is C22H31NO2. The van der Waals surface area contributed by atoms with Crippen LogP contribution >= 0.6 is 0 Å². The minimum Gasteiger partial charge on any atom is -0.258 e. The maximum Gasteiger partial charge on any atom is 0.273 e. The molecule has 0 amide bonds. The van der Waals surface area contributed by atoms with Crippen LogP contribution in [0, 0.1) is 10.1 Å². The molecule has 3 heteroatoms. The molecule has 0 heterocycles. The van der Waals surface area contributed by atoms with E-state index in [1.165, 1.54) is 51.4 Å². The smallest absolute Gasteiger partial charge is 0.258 e. The maximum absolute atomic E-state index is 11.4. The highest BCUT2D eigenvalue weighted by Gasteiger charge is 2.15. The fourth-order valence-electron chi connectivity index (χ4n) is 3.55. The van der Waals surface area contributed by atoms with E-state index in [-0.39, 0.29) is 10.6 Å². The van der Waals surface area contributed by atoms with Gasteiger partial charge in [-0.05, 0) is 29.7 Å². The zero-order valence-corrected chi connectivity index (χ0v) is 15.5. The van der Waals surface area contributed by atoms with Gasteiger partial charge in [0.05, 0.1) is 4.92 Å². The first-order chi connectivity index (χ1) is 12.2. The first kappa shape index (κ1) is 19.4. The van der Waals surface area contributed by atoms with Gasteiger partial charge in [-0.15, -0.1) is 0 Å². The van der Waals surface area contributed by atoms with Crippen LogP contribution in [0.5, 0.6) is 0 Å². The molecule has 0 aliphatic rings. The molecule has 0 N–H and O–H groups in total. The molecule has 136 valence electrons. The third-order valence-electron chi connectivity index (χ3n) is 4.99. The quantitative estimate of drug-likeness (QED) is 0.232. The number of hydrogen-bond acceptors (Lipinski definition) is 2. The number of benzene rings is 2. The highest BCUT2D eigenvalue weighted by atomic mass is 16.6. The van der Waals surface area contributed by atoms with Crippen LogP contribution in [-0.2, 0) is 6.42 Å². The number of hydrogen-bond donors (Lipinski definition) is 0. The van der Waals surface area contributed by atoms with Crippen molar-refractivity contribution in [3.05, 3.63) is 52.1 Å². The number of nitro groups is 1. The lowest BCUT2D eigenvalue weighted by atomic mass is 9.97. The van der Waals surface area contributed by atoms with Gasteiger partial charge in [0.25, 0.3) is 5.69 Å². The van der Waals surface area contributed by atoms with Crippen LogP contribution in [0.2, 0.25) is 0 Å². The molecule has 0 bridgehead atoms. The molecule has 0 unspecified atom stereocenters. The van der Waals surface area contributed by atoms with Gasteiger partial charge in [-0.1, -0.05) is 89.0 Å². The molecule has 25 heavy (non-hydrogen) atoms. The second kappa shape index (κ2) is 10.9. The molecular weight excluding hydrogens is 310 g/mol. The summed E-state index contributed by atoms with van der Waals surface area (Å²) in [5.74, 6) is 0. The van der Waals surface area contributed by atoms with Crippen molar-refractivity contribution in [2.45, 2.75) is 77.6 Å².